The van der Waals surface area contributed by atoms with Gasteiger partial charge in [0, 0.05) is 0 Å². The highest BCUT2D eigenvalue weighted by molar-refractivity contribution is 9.09. The van der Waals surface area contributed by atoms with Crippen LogP contribution in [0.4, 0.5) is 0 Å². The van der Waals surface area contributed by atoms with Crippen molar-refractivity contribution >= 4 is 33.8 Å². The minimum atomic E-state index is -0.402. The fourth-order valence-corrected chi connectivity index (χ4v) is 2.46. The van der Waals surface area contributed by atoms with Crippen molar-refractivity contribution < 1.29 is 28.6 Å². The molecule has 1 aliphatic heterocycles. The Labute approximate surface area is 158 Å². The molecule has 1 aliphatic rings. The number of hydrogen-bond donors (Lipinski definition) is 0. The Hall–Kier alpha value is -1.15. The summed E-state index contributed by atoms with van der Waals surface area (Å²) in [5, 5.41) is 0.292. The van der Waals surface area contributed by atoms with E-state index in [2.05, 4.69) is 20.7 Å². The lowest BCUT2D eigenvalue weighted by Gasteiger charge is -2.36. The maximum absolute atomic E-state index is 11.8. The fraction of sp³-hybridized carbons (Fsp3) is 0.824. The fourth-order valence-electron chi connectivity index (χ4n) is 2.30. The topological polar surface area (TPSA) is 82.1 Å². The van der Waals surface area contributed by atoms with Gasteiger partial charge in [0.1, 0.15) is 5.33 Å². The van der Waals surface area contributed by atoms with Crippen LogP contribution in [-0.2, 0) is 28.6 Å². The predicted octanol–water partition coefficient (Wildman–Crippen LogP) is 2.16. The van der Waals surface area contributed by atoms with Crippen LogP contribution < -0.4 is 0 Å². The Morgan fingerprint density at radius 1 is 0.920 bits per heavy atom. The molecule has 25 heavy (non-hydrogen) atoms. The number of piperidine rings is 1. The van der Waals surface area contributed by atoms with E-state index in [1.807, 2.05) is 18.7 Å². The lowest BCUT2D eigenvalue weighted by molar-refractivity contribution is -0.157. The number of carbonyl (C=O) groups excluding carboxylic acids is 3. The van der Waals surface area contributed by atoms with Gasteiger partial charge in [-0.2, -0.15) is 0 Å². The third-order valence-electron chi connectivity index (χ3n) is 3.80. The van der Waals surface area contributed by atoms with E-state index in [0.29, 0.717) is 31.7 Å². The number of rotatable bonds is 7. The summed E-state index contributed by atoms with van der Waals surface area (Å²) in [5.74, 6) is -0.527. The summed E-state index contributed by atoms with van der Waals surface area (Å²) in [7, 11) is 0. The smallest absolute Gasteiger partial charge is 0.320 e. The minimum Gasteiger partial charge on any atom is -0.466 e. The first-order valence-electron chi connectivity index (χ1n) is 8.59. The van der Waals surface area contributed by atoms with Crippen molar-refractivity contribution in [2.24, 2.45) is 5.41 Å². The van der Waals surface area contributed by atoms with Crippen LogP contribution in [0.15, 0.2) is 0 Å². The summed E-state index contributed by atoms with van der Waals surface area (Å²) in [6.07, 6.45) is 1.45. The van der Waals surface area contributed by atoms with E-state index in [4.69, 9.17) is 9.47 Å². The van der Waals surface area contributed by atoms with Gasteiger partial charge in [0.05, 0.1) is 31.8 Å². The predicted molar refractivity (Wildman–Crippen MR) is 97.5 cm³/mol. The van der Waals surface area contributed by atoms with Gasteiger partial charge in [-0.3, -0.25) is 19.3 Å². The van der Waals surface area contributed by atoms with Crippen molar-refractivity contribution in [2.45, 2.75) is 40.5 Å². The third kappa shape index (κ3) is 9.79. The molecule has 1 fully saturated rings. The summed E-state index contributed by atoms with van der Waals surface area (Å²) in [5.41, 5.74) is -0.402. The van der Waals surface area contributed by atoms with Crippen LogP contribution in [0, 0.1) is 5.41 Å². The minimum absolute atomic E-state index is 0.124. The van der Waals surface area contributed by atoms with Crippen LogP contribution in [0.2, 0.25) is 0 Å². The Bertz CT molecular complexity index is 421. The Morgan fingerprint density at radius 3 is 1.80 bits per heavy atom. The number of alkyl halides is 1. The molecule has 0 aromatic rings. The first-order valence-corrected chi connectivity index (χ1v) is 9.71. The molecule has 0 bridgehead atoms. The van der Waals surface area contributed by atoms with E-state index < -0.39 is 5.41 Å². The molecular formula is C17H30BrNO6. The Balaban J connectivity index is 0.000000697. The molecule has 0 aromatic carbocycles. The van der Waals surface area contributed by atoms with E-state index in [0.717, 1.165) is 25.9 Å². The number of carbonyl (C=O) groups is 3. The summed E-state index contributed by atoms with van der Waals surface area (Å²) < 4.78 is 14.5. The number of ether oxygens (including phenoxy) is 3. The number of nitrogens with zero attached hydrogens (tertiary/aromatic N) is 1. The Morgan fingerprint density at radius 2 is 1.40 bits per heavy atom. The Kier molecular flexibility index (Phi) is 12.5. The molecule has 0 N–H and O–H groups in total. The average molecular weight is 424 g/mol. The van der Waals surface area contributed by atoms with Gasteiger partial charge in [-0.25, -0.2) is 0 Å². The van der Waals surface area contributed by atoms with Gasteiger partial charge in [0.2, 0.25) is 0 Å². The highest BCUT2D eigenvalue weighted by Crippen LogP contribution is 2.32. The number of esters is 3. The van der Waals surface area contributed by atoms with Crippen LogP contribution in [0.25, 0.3) is 0 Å². The van der Waals surface area contributed by atoms with E-state index in [1.165, 1.54) is 0 Å². The summed E-state index contributed by atoms with van der Waals surface area (Å²) in [4.78, 5) is 35.3. The molecule has 7 nitrogen and oxygen atoms in total. The standard InChI is InChI=1S/C13H23NO4.C4H7BrO2/c1-4-17-11(15)10-14-8-6-13(3,7-9-14)12(16)18-5-2;1-2-7-4(6)3-5/h4-10H2,1-3H3;2-3H2,1H3. The first-order chi connectivity index (χ1) is 11.8. The lowest BCUT2D eigenvalue weighted by Crippen LogP contribution is -2.45. The molecule has 0 amide bonds. The van der Waals surface area contributed by atoms with Gasteiger partial charge in [-0.15, -0.1) is 0 Å². The van der Waals surface area contributed by atoms with Crippen LogP contribution in [0.1, 0.15) is 40.5 Å². The molecule has 8 heteroatoms. The average Bonchev–Trinajstić information content (AvgIpc) is 2.58. The molecule has 1 heterocycles. The molecule has 1 saturated heterocycles. The zero-order valence-electron chi connectivity index (χ0n) is 15.6. The molecule has 0 unspecified atom stereocenters. The van der Waals surface area contributed by atoms with Gasteiger partial charge in [-0.1, -0.05) is 15.9 Å². The van der Waals surface area contributed by atoms with Crippen LogP contribution in [0.3, 0.4) is 0 Å². The first kappa shape index (κ1) is 23.9. The number of likely N-dealkylation sites (tertiary alicyclic amines) is 1. The van der Waals surface area contributed by atoms with Crippen LogP contribution in [0.5, 0.6) is 0 Å². The second-order valence-corrected chi connectivity index (χ2v) is 6.36. The van der Waals surface area contributed by atoms with Gasteiger partial charge in [0.25, 0.3) is 0 Å². The van der Waals surface area contributed by atoms with Crippen molar-refractivity contribution in [3.8, 4) is 0 Å². The monoisotopic (exact) mass is 423 g/mol. The summed E-state index contributed by atoms with van der Waals surface area (Å²) in [6.45, 7) is 10.4. The zero-order chi connectivity index (χ0) is 19.3. The van der Waals surface area contributed by atoms with E-state index >= 15 is 0 Å². The number of hydrogen-bond acceptors (Lipinski definition) is 7. The molecule has 0 aromatic heterocycles. The van der Waals surface area contributed by atoms with E-state index in [1.54, 1.807) is 13.8 Å². The molecule has 0 atom stereocenters. The van der Waals surface area contributed by atoms with Crippen molar-refractivity contribution in [1.29, 1.82) is 0 Å². The third-order valence-corrected chi connectivity index (χ3v) is 4.26. The van der Waals surface area contributed by atoms with Crippen molar-refractivity contribution in [1.82, 2.24) is 4.90 Å². The van der Waals surface area contributed by atoms with Crippen LogP contribution in [-0.4, -0.2) is 67.6 Å². The molecule has 0 spiro atoms. The normalized spacial score (nSPS) is 16.2. The van der Waals surface area contributed by atoms with Crippen molar-refractivity contribution in [3.63, 3.8) is 0 Å². The second kappa shape index (κ2) is 13.1. The van der Waals surface area contributed by atoms with Gasteiger partial charge >= 0.3 is 17.9 Å². The van der Waals surface area contributed by atoms with Gasteiger partial charge in [-0.05, 0) is 53.6 Å². The van der Waals surface area contributed by atoms with Gasteiger partial charge in [0.15, 0.2) is 0 Å². The van der Waals surface area contributed by atoms with E-state index in [9.17, 15) is 14.4 Å². The molecule has 0 saturated carbocycles. The molecule has 0 radical (unpaired) electrons. The highest BCUT2D eigenvalue weighted by atomic mass is 79.9. The van der Waals surface area contributed by atoms with Crippen molar-refractivity contribution in [2.75, 3.05) is 44.8 Å². The summed E-state index contributed by atoms with van der Waals surface area (Å²) in [6, 6.07) is 0. The van der Waals surface area contributed by atoms with Gasteiger partial charge < -0.3 is 14.2 Å². The quantitative estimate of drug-likeness (QED) is 0.352. The largest absolute Gasteiger partial charge is 0.466 e. The number of halogens is 1. The zero-order valence-corrected chi connectivity index (χ0v) is 17.2. The molecule has 146 valence electrons. The SMILES string of the molecule is CCOC(=O)CBr.CCOC(=O)CN1CCC(C)(C(=O)OCC)CC1. The van der Waals surface area contributed by atoms with Crippen LogP contribution >= 0.6 is 15.9 Å². The van der Waals surface area contributed by atoms with E-state index in [-0.39, 0.29) is 17.9 Å². The molecule has 1 rings (SSSR count). The highest BCUT2D eigenvalue weighted by Gasteiger charge is 2.38. The maximum atomic E-state index is 11.8. The molecular weight excluding hydrogens is 394 g/mol. The maximum Gasteiger partial charge on any atom is 0.320 e. The second-order valence-electron chi connectivity index (χ2n) is 5.80. The molecule has 0 aliphatic carbocycles. The van der Waals surface area contributed by atoms with Crippen molar-refractivity contribution in [3.05, 3.63) is 0 Å². The lowest BCUT2D eigenvalue weighted by atomic mass is 9.80. The summed E-state index contributed by atoms with van der Waals surface area (Å²) >= 11 is 2.94.